The van der Waals surface area contributed by atoms with Crippen LogP contribution in [0.3, 0.4) is 0 Å². The monoisotopic (exact) mass is 213 g/mol. The van der Waals surface area contributed by atoms with Crippen molar-refractivity contribution in [1.82, 2.24) is 16.0 Å². The summed E-state index contributed by atoms with van der Waals surface area (Å²) >= 11 is 0. The number of rotatable bonds is 2. The number of hydrogen-bond acceptors (Lipinski definition) is 4. The quantitative estimate of drug-likeness (QED) is 0.541. The van der Waals surface area contributed by atoms with Crippen LogP contribution in [0.1, 0.15) is 12.8 Å². The van der Waals surface area contributed by atoms with Crippen LogP contribution in [0.25, 0.3) is 0 Å². The largest absolute Gasteiger partial charge is 0.366 e. The highest BCUT2D eigenvalue weighted by molar-refractivity contribution is 5.81. The molecule has 0 bridgehead atoms. The molecule has 0 aromatic carbocycles. The Bertz CT molecular complexity index is 211. The van der Waals surface area contributed by atoms with Gasteiger partial charge in [-0.05, 0) is 19.4 Å². The van der Waals surface area contributed by atoms with Gasteiger partial charge in [0.25, 0.3) is 5.91 Å². The lowest BCUT2D eigenvalue weighted by atomic mass is 10.1. The summed E-state index contributed by atoms with van der Waals surface area (Å²) < 4.78 is 5.39. The zero-order valence-corrected chi connectivity index (χ0v) is 8.92. The van der Waals surface area contributed by atoms with E-state index < -0.39 is 0 Å². The average molecular weight is 213 g/mol. The Labute approximate surface area is 89.9 Å². The van der Waals surface area contributed by atoms with Gasteiger partial charge in [-0.1, -0.05) is 0 Å². The van der Waals surface area contributed by atoms with Crippen molar-refractivity contribution >= 4 is 5.91 Å². The number of amides is 1. The van der Waals surface area contributed by atoms with Crippen LogP contribution < -0.4 is 16.0 Å². The van der Waals surface area contributed by atoms with E-state index in [1.54, 1.807) is 0 Å². The molecule has 2 aliphatic heterocycles. The molecule has 0 unspecified atom stereocenters. The maximum Gasteiger partial charge on any atom is 0.250 e. The van der Waals surface area contributed by atoms with Crippen LogP contribution >= 0.6 is 0 Å². The fourth-order valence-electron chi connectivity index (χ4n) is 2.00. The van der Waals surface area contributed by atoms with Crippen LogP contribution in [0.5, 0.6) is 0 Å². The SMILES string of the molecule is O=C(N[C@@H]1CCCNC1)[C@H]1CNCCO1. The molecule has 5 heteroatoms. The molecule has 15 heavy (non-hydrogen) atoms. The maximum absolute atomic E-state index is 11.8. The second kappa shape index (κ2) is 5.44. The number of piperidine rings is 1. The number of carbonyl (C=O) groups excluding carboxylic acids is 1. The molecule has 0 radical (unpaired) electrons. The van der Waals surface area contributed by atoms with E-state index >= 15 is 0 Å². The summed E-state index contributed by atoms with van der Waals surface area (Å²) in [6.07, 6.45) is 1.90. The van der Waals surface area contributed by atoms with Crippen molar-refractivity contribution in [2.45, 2.75) is 25.0 Å². The van der Waals surface area contributed by atoms with E-state index in [2.05, 4.69) is 16.0 Å². The van der Waals surface area contributed by atoms with Gasteiger partial charge in [0.05, 0.1) is 6.61 Å². The van der Waals surface area contributed by atoms with Crippen LogP contribution in [-0.4, -0.2) is 50.8 Å². The van der Waals surface area contributed by atoms with Crippen LogP contribution in [-0.2, 0) is 9.53 Å². The molecule has 0 aliphatic carbocycles. The lowest BCUT2D eigenvalue weighted by molar-refractivity contribution is -0.135. The van der Waals surface area contributed by atoms with Crippen LogP contribution in [0.2, 0.25) is 0 Å². The van der Waals surface area contributed by atoms with Gasteiger partial charge in [-0.2, -0.15) is 0 Å². The summed E-state index contributed by atoms with van der Waals surface area (Å²) in [7, 11) is 0. The number of nitrogens with one attached hydrogen (secondary N) is 3. The molecule has 2 saturated heterocycles. The molecule has 86 valence electrons. The van der Waals surface area contributed by atoms with Gasteiger partial charge in [0.1, 0.15) is 6.10 Å². The number of carbonyl (C=O) groups is 1. The fourth-order valence-corrected chi connectivity index (χ4v) is 2.00. The van der Waals surface area contributed by atoms with Gasteiger partial charge < -0.3 is 20.7 Å². The van der Waals surface area contributed by atoms with E-state index in [1.807, 2.05) is 0 Å². The van der Waals surface area contributed by atoms with Crippen molar-refractivity contribution < 1.29 is 9.53 Å². The van der Waals surface area contributed by atoms with Crippen LogP contribution in [0, 0.1) is 0 Å². The molecule has 0 aromatic rings. The first-order chi connectivity index (χ1) is 7.36. The van der Waals surface area contributed by atoms with Crippen LogP contribution in [0.4, 0.5) is 0 Å². The van der Waals surface area contributed by atoms with Crippen molar-refractivity contribution in [2.75, 3.05) is 32.8 Å². The molecule has 5 nitrogen and oxygen atoms in total. The first kappa shape index (κ1) is 10.9. The molecule has 2 aliphatic rings. The van der Waals surface area contributed by atoms with Gasteiger partial charge in [-0.15, -0.1) is 0 Å². The minimum absolute atomic E-state index is 0.0240. The third-order valence-electron chi connectivity index (χ3n) is 2.86. The molecular formula is C10H19N3O2. The van der Waals surface area contributed by atoms with Gasteiger partial charge in [-0.25, -0.2) is 0 Å². The molecule has 2 heterocycles. The predicted molar refractivity (Wildman–Crippen MR) is 56.6 cm³/mol. The Hall–Kier alpha value is -0.650. The molecule has 2 atom stereocenters. The predicted octanol–water partition coefficient (Wildman–Crippen LogP) is -1.16. The Morgan fingerprint density at radius 2 is 2.13 bits per heavy atom. The standard InChI is InChI=1S/C10H19N3O2/c14-10(9-7-12-4-5-15-9)13-8-2-1-3-11-6-8/h8-9,11-12H,1-7H2,(H,13,14)/t8-,9-/m1/s1. The zero-order valence-electron chi connectivity index (χ0n) is 8.92. The number of morpholine rings is 1. The topological polar surface area (TPSA) is 62.4 Å². The Morgan fingerprint density at radius 1 is 1.27 bits per heavy atom. The smallest absolute Gasteiger partial charge is 0.250 e. The summed E-state index contributed by atoms with van der Waals surface area (Å²) in [5.41, 5.74) is 0. The summed E-state index contributed by atoms with van der Waals surface area (Å²) in [5, 5.41) is 9.45. The van der Waals surface area contributed by atoms with Gasteiger partial charge in [0, 0.05) is 25.7 Å². The molecular weight excluding hydrogens is 194 g/mol. The second-order valence-electron chi connectivity index (χ2n) is 4.12. The first-order valence-corrected chi connectivity index (χ1v) is 5.69. The maximum atomic E-state index is 11.8. The van der Waals surface area contributed by atoms with E-state index in [4.69, 9.17) is 4.74 Å². The summed E-state index contributed by atoms with van der Waals surface area (Å²) in [6.45, 7) is 4.04. The lowest BCUT2D eigenvalue weighted by Gasteiger charge is -2.28. The third-order valence-corrected chi connectivity index (χ3v) is 2.86. The molecule has 3 N–H and O–H groups in total. The molecule has 2 fully saturated rings. The molecule has 0 spiro atoms. The average Bonchev–Trinajstić information content (AvgIpc) is 2.31. The Balaban J connectivity index is 1.74. The van der Waals surface area contributed by atoms with Crippen molar-refractivity contribution in [1.29, 1.82) is 0 Å². The van der Waals surface area contributed by atoms with Crippen LogP contribution in [0.15, 0.2) is 0 Å². The van der Waals surface area contributed by atoms with E-state index in [0.29, 0.717) is 13.2 Å². The lowest BCUT2D eigenvalue weighted by Crippen LogP contribution is -2.53. The molecule has 0 saturated carbocycles. The summed E-state index contributed by atoms with van der Waals surface area (Å²) in [6, 6.07) is 0.275. The Morgan fingerprint density at radius 3 is 2.80 bits per heavy atom. The number of ether oxygens (including phenoxy) is 1. The second-order valence-corrected chi connectivity index (χ2v) is 4.12. The highest BCUT2D eigenvalue weighted by Gasteiger charge is 2.24. The molecule has 0 aromatic heterocycles. The minimum Gasteiger partial charge on any atom is -0.366 e. The first-order valence-electron chi connectivity index (χ1n) is 5.69. The number of hydrogen-bond donors (Lipinski definition) is 3. The van der Waals surface area contributed by atoms with Crippen molar-refractivity contribution in [3.63, 3.8) is 0 Å². The van der Waals surface area contributed by atoms with Crippen molar-refractivity contribution in [2.24, 2.45) is 0 Å². The van der Waals surface area contributed by atoms with Gasteiger partial charge >= 0.3 is 0 Å². The highest BCUT2D eigenvalue weighted by atomic mass is 16.5. The third kappa shape index (κ3) is 3.15. The van der Waals surface area contributed by atoms with Gasteiger partial charge in [-0.3, -0.25) is 4.79 Å². The summed E-state index contributed by atoms with van der Waals surface area (Å²) in [4.78, 5) is 11.8. The van der Waals surface area contributed by atoms with E-state index in [1.165, 1.54) is 0 Å². The van der Waals surface area contributed by atoms with E-state index in [0.717, 1.165) is 32.5 Å². The van der Waals surface area contributed by atoms with Crippen molar-refractivity contribution in [3.05, 3.63) is 0 Å². The van der Waals surface area contributed by atoms with E-state index in [9.17, 15) is 4.79 Å². The normalized spacial score (nSPS) is 32.3. The zero-order chi connectivity index (χ0) is 10.5. The van der Waals surface area contributed by atoms with Gasteiger partial charge in [0.2, 0.25) is 0 Å². The molecule has 2 rings (SSSR count). The fraction of sp³-hybridized carbons (Fsp3) is 0.900. The van der Waals surface area contributed by atoms with E-state index in [-0.39, 0.29) is 18.1 Å². The molecule has 1 amide bonds. The summed E-state index contributed by atoms with van der Waals surface area (Å²) in [5.74, 6) is 0.0240. The van der Waals surface area contributed by atoms with Gasteiger partial charge in [0.15, 0.2) is 0 Å². The highest BCUT2D eigenvalue weighted by Crippen LogP contribution is 2.03. The Kier molecular flexibility index (Phi) is 3.94. The van der Waals surface area contributed by atoms with Crippen molar-refractivity contribution in [3.8, 4) is 0 Å². The minimum atomic E-state index is -0.305.